The molecule has 0 radical (unpaired) electrons. The molecule has 2 saturated heterocycles. The number of rotatable bonds is 3. The van der Waals surface area contributed by atoms with E-state index in [1.165, 1.54) is 12.8 Å². The molecule has 144 valence electrons. The van der Waals surface area contributed by atoms with Crippen LogP contribution in [0.3, 0.4) is 0 Å². The Bertz CT molecular complexity index is 872. The van der Waals surface area contributed by atoms with E-state index >= 15 is 0 Å². The number of nitrogens with zero attached hydrogens (tertiary/aromatic N) is 2. The third-order valence-electron chi connectivity index (χ3n) is 6.35. The van der Waals surface area contributed by atoms with Crippen LogP contribution in [-0.4, -0.2) is 67.7 Å². The average molecular weight is 370 g/mol. The highest BCUT2D eigenvalue weighted by Gasteiger charge is 2.43. The normalized spacial score (nSPS) is 26.2. The van der Waals surface area contributed by atoms with Gasteiger partial charge >= 0.3 is 0 Å². The van der Waals surface area contributed by atoms with Gasteiger partial charge in [-0.25, -0.2) is 0 Å². The van der Waals surface area contributed by atoms with Gasteiger partial charge in [0.05, 0.1) is 26.4 Å². The number of ether oxygens (including phenoxy) is 2. The van der Waals surface area contributed by atoms with E-state index in [4.69, 9.17) is 13.9 Å². The van der Waals surface area contributed by atoms with Gasteiger partial charge in [-0.05, 0) is 37.8 Å². The monoisotopic (exact) mass is 370 g/mol. The number of carbonyl (C=O) groups excluding carboxylic acids is 1. The van der Waals surface area contributed by atoms with E-state index in [0.29, 0.717) is 36.6 Å². The van der Waals surface area contributed by atoms with Gasteiger partial charge in [-0.3, -0.25) is 9.69 Å². The van der Waals surface area contributed by atoms with Crippen molar-refractivity contribution < 1.29 is 18.7 Å². The molecule has 1 aliphatic carbocycles. The summed E-state index contributed by atoms with van der Waals surface area (Å²) in [5, 5.41) is 0.965. The van der Waals surface area contributed by atoms with Gasteiger partial charge in [0.15, 0.2) is 5.76 Å². The van der Waals surface area contributed by atoms with Gasteiger partial charge in [-0.2, -0.15) is 0 Å². The molecule has 0 unspecified atom stereocenters. The minimum Gasteiger partial charge on any atom is -0.497 e. The Kier molecular flexibility index (Phi) is 4.13. The fourth-order valence-corrected chi connectivity index (χ4v) is 4.63. The van der Waals surface area contributed by atoms with E-state index in [1.807, 2.05) is 30.0 Å². The summed E-state index contributed by atoms with van der Waals surface area (Å²) in [5.74, 6) is 1.95. The van der Waals surface area contributed by atoms with Crippen LogP contribution in [0.25, 0.3) is 11.0 Å². The zero-order chi connectivity index (χ0) is 18.5. The summed E-state index contributed by atoms with van der Waals surface area (Å²) < 4.78 is 17.1. The van der Waals surface area contributed by atoms with Crippen molar-refractivity contribution >= 4 is 16.9 Å². The molecule has 2 aromatic rings. The van der Waals surface area contributed by atoms with Gasteiger partial charge in [0.1, 0.15) is 11.3 Å². The quantitative estimate of drug-likeness (QED) is 0.832. The SMILES string of the molecule is COc1ccc2c(C)c(C(=O)N3CCN4[C@@H](COC[C@@H]4C4CC4)C3)oc2c1. The first kappa shape index (κ1) is 17.1. The molecule has 1 aromatic heterocycles. The molecule has 27 heavy (non-hydrogen) atoms. The maximum Gasteiger partial charge on any atom is 0.289 e. The third-order valence-corrected chi connectivity index (χ3v) is 6.35. The van der Waals surface area contributed by atoms with E-state index in [0.717, 1.165) is 42.3 Å². The molecule has 0 N–H and O–H groups in total. The summed E-state index contributed by atoms with van der Waals surface area (Å²) in [4.78, 5) is 17.7. The van der Waals surface area contributed by atoms with Crippen molar-refractivity contribution in [3.05, 3.63) is 29.5 Å². The number of fused-ring (bicyclic) bond motifs is 2. The summed E-state index contributed by atoms with van der Waals surface area (Å²) in [6.45, 7) is 5.89. The van der Waals surface area contributed by atoms with Gasteiger partial charge in [-0.15, -0.1) is 0 Å². The van der Waals surface area contributed by atoms with E-state index in [-0.39, 0.29) is 5.91 Å². The molecule has 3 fully saturated rings. The molecule has 1 amide bonds. The summed E-state index contributed by atoms with van der Waals surface area (Å²) >= 11 is 0. The number of aryl methyl sites for hydroxylation is 1. The molecule has 0 spiro atoms. The summed E-state index contributed by atoms with van der Waals surface area (Å²) in [6.07, 6.45) is 2.64. The molecular formula is C21H26N2O4. The molecular weight excluding hydrogens is 344 g/mol. The molecule has 5 rings (SSSR count). The third kappa shape index (κ3) is 2.91. The van der Waals surface area contributed by atoms with Crippen LogP contribution in [0.2, 0.25) is 0 Å². The standard InChI is InChI=1S/C21H26N2O4/c1-13-17-6-5-16(25-2)9-19(17)27-20(13)21(24)22-7-8-23-15(10-22)11-26-12-18(23)14-3-4-14/h5-6,9,14-15,18H,3-4,7-8,10-12H2,1-2H3/t15-,18-/m1/s1. The van der Waals surface area contributed by atoms with E-state index in [9.17, 15) is 4.79 Å². The lowest BCUT2D eigenvalue weighted by atomic mass is 10.0. The highest BCUT2D eigenvalue weighted by atomic mass is 16.5. The van der Waals surface area contributed by atoms with Crippen LogP contribution in [0.1, 0.15) is 29.0 Å². The number of amides is 1. The molecule has 6 nitrogen and oxygen atoms in total. The van der Waals surface area contributed by atoms with Gasteiger partial charge in [0.2, 0.25) is 0 Å². The number of piperazine rings is 1. The van der Waals surface area contributed by atoms with Crippen molar-refractivity contribution in [3.8, 4) is 5.75 Å². The van der Waals surface area contributed by atoms with Crippen LogP contribution in [-0.2, 0) is 4.74 Å². The first-order valence-electron chi connectivity index (χ1n) is 9.85. The number of benzene rings is 1. The van der Waals surface area contributed by atoms with Gasteiger partial charge < -0.3 is 18.8 Å². The molecule has 2 aliphatic heterocycles. The number of carbonyl (C=O) groups is 1. The number of hydrogen-bond donors (Lipinski definition) is 0. The van der Waals surface area contributed by atoms with Crippen molar-refractivity contribution in [1.29, 1.82) is 0 Å². The Morgan fingerprint density at radius 1 is 1.22 bits per heavy atom. The van der Waals surface area contributed by atoms with E-state index in [2.05, 4.69) is 4.90 Å². The fraction of sp³-hybridized carbons (Fsp3) is 0.571. The van der Waals surface area contributed by atoms with Gasteiger partial charge in [0, 0.05) is 42.7 Å². The summed E-state index contributed by atoms with van der Waals surface area (Å²) in [6, 6.07) is 6.53. The van der Waals surface area contributed by atoms with Crippen LogP contribution >= 0.6 is 0 Å². The summed E-state index contributed by atoms with van der Waals surface area (Å²) in [5.41, 5.74) is 1.60. The average Bonchev–Trinajstić information content (AvgIpc) is 3.50. The molecule has 0 bridgehead atoms. The predicted molar refractivity (Wildman–Crippen MR) is 101 cm³/mol. The number of morpholine rings is 1. The summed E-state index contributed by atoms with van der Waals surface area (Å²) in [7, 11) is 1.63. The largest absolute Gasteiger partial charge is 0.497 e. The molecule has 3 aliphatic rings. The van der Waals surface area contributed by atoms with Crippen LogP contribution in [0.15, 0.2) is 22.6 Å². The minimum absolute atomic E-state index is 0.0177. The Morgan fingerprint density at radius 2 is 2.07 bits per heavy atom. The Morgan fingerprint density at radius 3 is 2.85 bits per heavy atom. The fourth-order valence-electron chi connectivity index (χ4n) is 4.63. The van der Waals surface area contributed by atoms with Crippen molar-refractivity contribution in [3.63, 3.8) is 0 Å². The Hall–Kier alpha value is -2.05. The zero-order valence-electron chi connectivity index (χ0n) is 15.9. The smallest absolute Gasteiger partial charge is 0.289 e. The highest BCUT2D eigenvalue weighted by molar-refractivity contribution is 5.99. The van der Waals surface area contributed by atoms with Crippen LogP contribution in [0.5, 0.6) is 5.75 Å². The lowest BCUT2D eigenvalue weighted by molar-refractivity contribution is -0.0818. The number of hydrogen-bond acceptors (Lipinski definition) is 5. The Balaban J connectivity index is 1.37. The molecule has 2 atom stereocenters. The first-order valence-corrected chi connectivity index (χ1v) is 9.85. The molecule has 1 saturated carbocycles. The lowest BCUT2D eigenvalue weighted by Gasteiger charge is -2.48. The van der Waals surface area contributed by atoms with Gasteiger partial charge in [-0.1, -0.05) is 0 Å². The van der Waals surface area contributed by atoms with Crippen molar-refractivity contribution in [2.75, 3.05) is 40.0 Å². The van der Waals surface area contributed by atoms with E-state index < -0.39 is 0 Å². The molecule has 3 heterocycles. The first-order chi connectivity index (χ1) is 13.2. The second-order valence-corrected chi connectivity index (χ2v) is 8.00. The van der Waals surface area contributed by atoms with Crippen molar-refractivity contribution in [2.45, 2.75) is 31.8 Å². The van der Waals surface area contributed by atoms with Crippen molar-refractivity contribution in [1.82, 2.24) is 9.80 Å². The minimum atomic E-state index is -0.0177. The van der Waals surface area contributed by atoms with Crippen LogP contribution in [0, 0.1) is 12.8 Å². The van der Waals surface area contributed by atoms with Gasteiger partial charge in [0.25, 0.3) is 5.91 Å². The van der Waals surface area contributed by atoms with E-state index in [1.54, 1.807) is 7.11 Å². The highest BCUT2D eigenvalue weighted by Crippen LogP contribution is 2.38. The number of methoxy groups -OCH3 is 1. The topological polar surface area (TPSA) is 55.2 Å². The maximum absolute atomic E-state index is 13.2. The second kappa shape index (κ2) is 6.53. The predicted octanol–water partition coefficient (Wildman–Crippen LogP) is 2.69. The lowest BCUT2D eigenvalue weighted by Crippen LogP contribution is -2.63. The van der Waals surface area contributed by atoms with Crippen molar-refractivity contribution in [2.24, 2.45) is 5.92 Å². The van der Waals surface area contributed by atoms with Crippen LogP contribution in [0.4, 0.5) is 0 Å². The van der Waals surface area contributed by atoms with Crippen LogP contribution < -0.4 is 4.74 Å². The maximum atomic E-state index is 13.2. The molecule has 6 heteroatoms. The Labute approximate surface area is 159 Å². The zero-order valence-corrected chi connectivity index (χ0v) is 15.9. The second-order valence-electron chi connectivity index (χ2n) is 8.00. The number of furan rings is 1. The molecule has 1 aromatic carbocycles.